The van der Waals surface area contributed by atoms with Crippen LogP contribution in [0.15, 0.2) is 0 Å². The molecular formula is C13H24S. The average molecular weight is 212 g/mol. The zero-order valence-electron chi connectivity index (χ0n) is 10.0. The molecule has 82 valence electrons. The maximum atomic E-state index is 2.45. The van der Waals surface area contributed by atoms with Crippen molar-refractivity contribution in [2.45, 2.75) is 51.7 Å². The van der Waals surface area contributed by atoms with Gasteiger partial charge in [0.1, 0.15) is 0 Å². The Morgan fingerprint density at radius 1 is 1.36 bits per heavy atom. The van der Waals surface area contributed by atoms with Crippen LogP contribution in [-0.2, 0) is 0 Å². The minimum absolute atomic E-state index is 0.788. The number of hydrogen-bond acceptors (Lipinski definition) is 1. The Morgan fingerprint density at radius 3 is 2.57 bits per heavy atom. The molecule has 0 amide bonds. The summed E-state index contributed by atoms with van der Waals surface area (Å²) < 4.78 is 0.788. The van der Waals surface area contributed by atoms with Crippen molar-refractivity contribution in [2.75, 3.05) is 5.75 Å². The highest BCUT2D eigenvalue weighted by Crippen LogP contribution is 2.84. The fourth-order valence-corrected chi connectivity index (χ4v) is 5.39. The van der Waals surface area contributed by atoms with Crippen LogP contribution in [0.4, 0.5) is 0 Å². The molecule has 14 heavy (non-hydrogen) atoms. The van der Waals surface area contributed by atoms with E-state index in [-0.39, 0.29) is 0 Å². The van der Waals surface area contributed by atoms with Crippen molar-refractivity contribution < 1.29 is 0 Å². The maximum Gasteiger partial charge on any atom is 0.0254 e. The standard InChI is InChI=1S/C13H24S/c1-5-7-9(3)8-11-12-10(4)13(11,12)14-6-2/h9-12H,5-8H2,1-4H3. The predicted octanol–water partition coefficient (Wildman–Crippen LogP) is 4.20. The summed E-state index contributed by atoms with van der Waals surface area (Å²) in [5, 5.41) is 0. The topological polar surface area (TPSA) is 0 Å². The Hall–Kier alpha value is 0.350. The molecule has 0 bridgehead atoms. The molecule has 0 aromatic rings. The van der Waals surface area contributed by atoms with E-state index in [2.05, 4.69) is 39.5 Å². The molecule has 0 heterocycles. The second-order valence-electron chi connectivity index (χ2n) is 5.34. The van der Waals surface area contributed by atoms with Crippen molar-refractivity contribution in [3.8, 4) is 0 Å². The van der Waals surface area contributed by atoms with Gasteiger partial charge in [-0.2, -0.15) is 11.8 Å². The third kappa shape index (κ3) is 1.43. The summed E-state index contributed by atoms with van der Waals surface area (Å²) in [6.07, 6.45) is 4.31. The first-order valence-corrected chi connectivity index (χ1v) is 7.30. The molecule has 5 unspecified atom stereocenters. The fourth-order valence-electron chi connectivity index (χ4n) is 3.60. The van der Waals surface area contributed by atoms with Gasteiger partial charge in [0.05, 0.1) is 0 Å². The third-order valence-electron chi connectivity index (χ3n) is 4.40. The Bertz CT molecular complexity index is 213. The summed E-state index contributed by atoms with van der Waals surface area (Å²) in [6.45, 7) is 9.51. The zero-order valence-corrected chi connectivity index (χ0v) is 10.9. The van der Waals surface area contributed by atoms with E-state index in [0.29, 0.717) is 0 Å². The molecule has 0 aromatic heterocycles. The predicted molar refractivity (Wildman–Crippen MR) is 65.7 cm³/mol. The van der Waals surface area contributed by atoms with Gasteiger partial charge in [-0.15, -0.1) is 0 Å². The van der Waals surface area contributed by atoms with Gasteiger partial charge >= 0.3 is 0 Å². The van der Waals surface area contributed by atoms with Crippen molar-refractivity contribution in [3.63, 3.8) is 0 Å². The summed E-state index contributed by atoms with van der Waals surface area (Å²) in [5.74, 6) is 5.56. The van der Waals surface area contributed by atoms with Gasteiger partial charge in [-0.3, -0.25) is 0 Å². The van der Waals surface area contributed by atoms with Crippen molar-refractivity contribution in [1.82, 2.24) is 0 Å². The molecule has 2 aliphatic carbocycles. The first-order valence-electron chi connectivity index (χ1n) is 6.32. The lowest BCUT2D eigenvalue weighted by Gasteiger charge is -2.18. The summed E-state index contributed by atoms with van der Waals surface area (Å²) >= 11 is 2.25. The molecule has 2 saturated carbocycles. The molecule has 1 heteroatoms. The minimum Gasteiger partial charge on any atom is -0.155 e. The van der Waals surface area contributed by atoms with E-state index < -0.39 is 0 Å². The van der Waals surface area contributed by atoms with Crippen LogP contribution in [-0.4, -0.2) is 10.5 Å². The fraction of sp³-hybridized carbons (Fsp3) is 1.00. The van der Waals surface area contributed by atoms with Crippen molar-refractivity contribution in [1.29, 1.82) is 0 Å². The second kappa shape index (κ2) is 3.73. The SMILES string of the molecule is CCCC(C)CC1C2C(C)C12SCC. The molecule has 2 aliphatic rings. The van der Waals surface area contributed by atoms with Gasteiger partial charge in [-0.1, -0.05) is 40.5 Å². The van der Waals surface area contributed by atoms with Gasteiger partial charge in [0.2, 0.25) is 0 Å². The molecule has 0 N–H and O–H groups in total. The first kappa shape index (κ1) is 10.9. The number of thioether (sulfide) groups is 1. The Morgan fingerprint density at radius 2 is 2.07 bits per heavy atom. The summed E-state index contributed by atoms with van der Waals surface area (Å²) in [4.78, 5) is 0. The first-order chi connectivity index (χ1) is 6.68. The highest BCUT2D eigenvalue weighted by molar-refractivity contribution is 8.01. The lowest BCUT2D eigenvalue weighted by molar-refractivity contribution is 0.384. The van der Waals surface area contributed by atoms with Crippen LogP contribution < -0.4 is 0 Å². The quantitative estimate of drug-likeness (QED) is 0.636. The van der Waals surface area contributed by atoms with Crippen molar-refractivity contribution >= 4 is 11.8 Å². The molecule has 0 radical (unpaired) electrons. The van der Waals surface area contributed by atoms with Crippen LogP contribution >= 0.6 is 11.8 Å². The Balaban J connectivity index is 1.76. The molecule has 0 spiro atoms. The van der Waals surface area contributed by atoms with Crippen LogP contribution in [0.3, 0.4) is 0 Å². The summed E-state index contributed by atoms with van der Waals surface area (Å²) in [6, 6.07) is 0. The van der Waals surface area contributed by atoms with Crippen LogP contribution in [0.1, 0.15) is 47.0 Å². The van der Waals surface area contributed by atoms with Crippen molar-refractivity contribution in [2.24, 2.45) is 23.7 Å². The molecule has 0 saturated heterocycles. The highest BCUT2D eigenvalue weighted by atomic mass is 32.2. The average Bonchev–Trinajstić information content (AvgIpc) is 2.94. The van der Waals surface area contributed by atoms with E-state index in [1.54, 1.807) is 0 Å². The van der Waals surface area contributed by atoms with E-state index in [4.69, 9.17) is 0 Å². The van der Waals surface area contributed by atoms with E-state index in [1.807, 2.05) is 0 Å². The van der Waals surface area contributed by atoms with Crippen LogP contribution in [0, 0.1) is 23.7 Å². The van der Waals surface area contributed by atoms with Crippen LogP contribution in [0.5, 0.6) is 0 Å². The van der Waals surface area contributed by atoms with E-state index in [1.165, 1.54) is 25.0 Å². The molecule has 2 fully saturated rings. The highest BCUT2D eigenvalue weighted by Gasteiger charge is 2.83. The number of rotatable bonds is 6. The Labute approximate surface area is 93.2 Å². The molecular weight excluding hydrogens is 188 g/mol. The van der Waals surface area contributed by atoms with Gasteiger partial charge in [0, 0.05) is 4.75 Å². The van der Waals surface area contributed by atoms with Gasteiger partial charge < -0.3 is 0 Å². The normalized spacial score (nSPS) is 45.9. The van der Waals surface area contributed by atoms with Gasteiger partial charge in [-0.05, 0) is 35.8 Å². The lowest BCUT2D eigenvalue weighted by Crippen LogP contribution is -2.12. The van der Waals surface area contributed by atoms with E-state index in [9.17, 15) is 0 Å². The summed E-state index contributed by atoms with van der Waals surface area (Å²) in [7, 11) is 0. The molecule has 0 aliphatic heterocycles. The zero-order chi connectivity index (χ0) is 10.3. The summed E-state index contributed by atoms with van der Waals surface area (Å²) in [5.41, 5.74) is 0. The smallest absolute Gasteiger partial charge is 0.0254 e. The molecule has 5 atom stereocenters. The van der Waals surface area contributed by atoms with Gasteiger partial charge in [-0.25, -0.2) is 0 Å². The third-order valence-corrected chi connectivity index (χ3v) is 6.13. The second-order valence-corrected chi connectivity index (χ2v) is 6.91. The molecule has 0 aromatic carbocycles. The maximum absolute atomic E-state index is 2.45. The van der Waals surface area contributed by atoms with E-state index >= 15 is 0 Å². The van der Waals surface area contributed by atoms with Gasteiger partial charge in [0.25, 0.3) is 0 Å². The lowest BCUT2D eigenvalue weighted by atomic mass is 9.92. The molecule has 0 nitrogen and oxygen atoms in total. The van der Waals surface area contributed by atoms with E-state index in [0.717, 1.165) is 28.4 Å². The van der Waals surface area contributed by atoms with Gasteiger partial charge in [0.15, 0.2) is 0 Å². The largest absolute Gasteiger partial charge is 0.155 e. The van der Waals surface area contributed by atoms with Crippen LogP contribution in [0.25, 0.3) is 0 Å². The number of hydrogen-bond donors (Lipinski definition) is 0. The van der Waals surface area contributed by atoms with Crippen LogP contribution in [0.2, 0.25) is 0 Å². The monoisotopic (exact) mass is 212 g/mol. The molecule has 2 rings (SSSR count). The number of fused-ring (bicyclic) bond motifs is 1. The Kier molecular flexibility index (Phi) is 2.90. The minimum atomic E-state index is 0.788. The van der Waals surface area contributed by atoms with Crippen molar-refractivity contribution in [3.05, 3.63) is 0 Å².